The van der Waals surface area contributed by atoms with Gasteiger partial charge in [-0.2, -0.15) is 0 Å². The van der Waals surface area contributed by atoms with Crippen LogP contribution < -0.4 is 5.43 Å². The zero-order valence-corrected chi connectivity index (χ0v) is 13.2. The lowest BCUT2D eigenvalue weighted by Gasteiger charge is -2.16. The van der Waals surface area contributed by atoms with Gasteiger partial charge in [-0.25, -0.2) is 0 Å². The van der Waals surface area contributed by atoms with Gasteiger partial charge in [-0.15, -0.1) is 0 Å². The Morgan fingerprint density at radius 2 is 1.83 bits per heavy atom. The second-order valence-corrected chi connectivity index (χ2v) is 5.70. The van der Waals surface area contributed by atoms with Crippen molar-refractivity contribution in [1.82, 2.24) is 4.90 Å². The Hall–Kier alpha value is -2.59. The molecule has 2 aromatic carbocycles. The van der Waals surface area contributed by atoms with Gasteiger partial charge in [-0.05, 0) is 29.8 Å². The number of fused-ring (bicyclic) bond motifs is 1. The number of hydrogen-bond donors (Lipinski definition) is 0. The summed E-state index contributed by atoms with van der Waals surface area (Å²) >= 11 is 5.85. The number of rotatable bonds is 3. The smallest absolute Gasteiger partial charge is 0.289 e. The molecule has 0 saturated carbocycles. The summed E-state index contributed by atoms with van der Waals surface area (Å²) in [7, 11) is 1.66. The summed E-state index contributed by atoms with van der Waals surface area (Å²) in [5.74, 6) is -0.312. The van der Waals surface area contributed by atoms with Crippen LogP contribution in [0, 0.1) is 0 Å². The van der Waals surface area contributed by atoms with Gasteiger partial charge < -0.3 is 9.32 Å². The minimum absolute atomic E-state index is 0.0326. The molecule has 1 heterocycles. The Labute approximate surface area is 137 Å². The van der Waals surface area contributed by atoms with Crippen molar-refractivity contribution >= 4 is 28.5 Å². The van der Waals surface area contributed by atoms with Gasteiger partial charge in [-0.3, -0.25) is 9.59 Å². The molecule has 23 heavy (non-hydrogen) atoms. The number of carbonyl (C=O) groups excluding carboxylic acids is 1. The van der Waals surface area contributed by atoms with E-state index in [9.17, 15) is 9.59 Å². The van der Waals surface area contributed by atoms with Gasteiger partial charge >= 0.3 is 0 Å². The number of halogens is 1. The average molecular weight is 328 g/mol. The molecule has 4 nitrogen and oxygen atoms in total. The van der Waals surface area contributed by atoms with E-state index in [1.54, 1.807) is 43.4 Å². The van der Waals surface area contributed by atoms with Crippen LogP contribution in [0.15, 0.2) is 63.8 Å². The maximum Gasteiger partial charge on any atom is 0.289 e. The van der Waals surface area contributed by atoms with Crippen LogP contribution >= 0.6 is 11.6 Å². The topological polar surface area (TPSA) is 50.5 Å². The van der Waals surface area contributed by atoms with Crippen molar-refractivity contribution in [1.29, 1.82) is 0 Å². The summed E-state index contributed by atoms with van der Waals surface area (Å²) in [6.07, 6.45) is 0. The Bertz CT molecular complexity index is 915. The molecule has 116 valence electrons. The van der Waals surface area contributed by atoms with E-state index >= 15 is 0 Å². The van der Waals surface area contributed by atoms with Gasteiger partial charge in [0.1, 0.15) is 5.58 Å². The van der Waals surface area contributed by atoms with Crippen LogP contribution in [-0.2, 0) is 6.54 Å². The van der Waals surface area contributed by atoms with Crippen molar-refractivity contribution in [3.8, 4) is 0 Å². The lowest BCUT2D eigenvalue weighted by molar-refractivity contribution is 0.0754. The molecule has 0 bridgehead atoms. The first-order chi connectivity index (χ1) is 11.0. The Morgan fingerprint density at radius 3 is 2.57 bits per heavy atom. The maximum atomic E-state index is 12.5. The zero-order chi connectivity index (χ0) is 16.4. The standard InChI is InChI=1S/C18H14ClNO3/c1-20(11-12-6-8-13(19)9-7-12)18(22)17-10-15(21)14-4-2-3-5-16(14)23-17/h2-10H,11H2,1H3. The van der Waals surface area contributed by atoms with Crippen LogP contribution in [0.3, 0.4) is 0 Å². The van der Waals surface area contributed by atoms with Gasteiger partial charge in [0.15, 0.2) is 11.2 Å². The number of benzene rings is 2. The first-order valence-electron chi connectivity index (χ1n) is 7.07. The highest BCUT2D eigenvalue weighted by Crippen LogP contribution is 2.15. The first kappa shape index (κ1) is 15.3. The molecule has 0 unspecified atom stereocenters. The Kier molecular flexibility index (Phi) is 4.17. The van der Waals surface area contributed by atoms with Crippen LogP contribution in [0.4, 0.5) is 0 Å². The molecule has 0 spiro atoms. The van der Waals surface area contributed by atoms with Crippen molar-refractivity contribution in [2.24, 2.45) is 0 Å². The van der Waals surface area contributed by atoms with Gasteiger partial charge in [-0.1, -0.05) is 35.9 Å². The third-order valence-electron chi connectivity index (χ3n) is 3.53. The molecule has 0 fully saturated rings. The van der Waals surface area contributed by atoms with Crippen LogP contribution in [-0.4, -0.2) is 17.9 Å². The largest absolute Gasteiger partial charge is 0.451 e. The van der Waals surface area contributed by atoms with Gasteiger partial charge in [0.2, 0.25) is 0 Å². The lowest BCUT2D eigenvalue weighted by atomic mass is 10.2. The molecule has 3 rings (SSSR count). The molecule has 0 N–H and O–H groups in total. The lowest BCUT2D eigenvalue weighted by Crippen LogP contribution is -2.27. The first-order valence-corrected chi connectivity index (χ1v) is 7.45. The maximum absolute atomic E-state index is 12.5. The number of hydrogen-bond acceptors (Lipinski definition) is 3. The molecular weight excluding hydrogens is 314 g/mol. The third kappa shape index (κ3) is 3.27. The summed E-state index contributed by atoms with van der Waals surface area (Å²) in [5.41, 5.74) is 1.12. The summed E-state index contributed by atoms with van der Waals surface area (Å²) in [4.78, 5) is 26.1. The predicted molar refractivity (Wildman–Crippen MR) is 89.7 cm³/mol. The third-order valence-corrected chi connectivity index (χ3v) is 3.78. The van der Waals surface area contributed by atoms with E-state index < -0.39 is 0 Å². The van der Waals surface area contributed by atoms with E-state index in [1.165, 1.54) is 11.0 Å². The van der Waals surface area contributed by atoms with E-state index in [0.717, 1.165) is 5.56 Å². The predicted octanol–water partition coefficient (Wildman–Crippen LogP) is 3.72. The monoisotopic (exact) mass is 327 g/mol. The quantitative estimate of drug-likeness (QED) is 0.736. The molecule has 0 aliphatic carbocycles. The summed E-state index contributed by atoms with van der Waals surface area (Å²) in [6, 6.07) is 15.3. The molecule has 0 aliphatic heterocycles. The van der Waals surface area contributed by atoms with Crippen LogP contribution in [0.5, 0.6) is 0 Å². The van der Waals surface area contributed by atoms with Crippen molar-refractivity contribution in [2.75, 3.05) is 7.05 Å². The second kappa shape index (κ2) is 6.26. The molecule has 1 aromatic heterocycles. The fourth-order valence-electron chi connectivity index (χ4n) is 2.33. The SMILES string of the molecule is CN(Cc1ccc(Cl)cc1)C(=O)c1cc(=O)c2ccccc2o1. The molecule has 5 heteroatoms. The van der Waals surface area contributed by atoms with Gasteiger partial charge in [0, 0.05) is 24.7 Å². The van der Waals surface area contributed by atoms with E-state index in [-0.39, 0.29) is 17.1 Å². The zero-order valence-electron chi connectivity index (χ0n) is 12.5. The number of para-hydroxylation sites is 1. The Morgan fingerprint density at radius 1 is 1.13 bits per heavy atom. The van der Waals surface area contributed by atoms with Crippen molar-refractivity contribution < 1.29 is 9.21 Å². The van der Waals surface area contributed by atoms with E-state index in [4.69, 9.17) is 16.0 Å². The highest BCUT2D eigenvalue weighted by atomic mass is 35.5. The fourth-order valence-corrected chi connectivity index (χ4v) is 2.46. The molecule has 0 atom stereocenters. The minimum Gasteiger partial charge on any atom is -0.451 e. The number of nitrogens with zero attached hydrogens (tertiary/aromatic N) is 1. The molecule has 1 amide bonds. The van der Waals surface area contributed by atoms with Gasteiger partial charge in [0.05, 0.1) is 5.39 Å². The van der Waals surface area contributed by atoms with Crippen molar-refractivity contribution in [3.05, 3.63) is 81.2 Å². The number of amides is 1. The summed E-state index contributed by atoms with van der Waals surface area (Å²) in [6.45, 7) is 0.395. The van der Waals surface area contributed by atoms with E-state index in [2.05, 4.69) is 0 Å². The highest BCUT2D eigenvalue weighted by Gasteiger charge is 2.16. The van der Waals surface area contributed by atoms with Crippen LogP contribution in [0.1, 0.15) is 16.1 Å². The molecule has 0 saturated heterocycles. The van der Waals surface area contributed by atoms with Crippen LogP contribution in [0.2, 0.25) is 5.02 Å². The molecular formula is C18H14ClNO3. The van der Waals surface area contributed by atoms with E-state index in [0.29, 0.717) is 22.5 Å². The Balaban J connectivity index is 1.87. The molecule has 0 radical (unpaired) electrons. The van der Waals surface area contributed by atoms with Gasteiger partial charge in [0.25, 0.3) is 5.91 Å². The van der Waals surface area contributed by atoms with Crippen molar-refractivity contribution in [2.45, 2.75) is 6.54 Å². The summed E-state index contributed by atoms with van der Waals surface area (Å²) in [5, 5.41) is 1.10. The molecule has 3 aromatic rings. The normalized spacial score (nSPS) is 10.7. The second-order valence-electron chi connectivity index (χ2n) is 5.26. The van der Waals surface area contributed by atoms with Crippen LogP contribution in [0.25, 0.3) is 11.0 Å². The highest BCUT2D eigenvalue weighted by molar-refractivity contribution is 6.30. The van der Waals surface area contributed by atoms with E-state index in [1.807, 2.05) is 12.1 Å². The van der Waals surface area contributed by atoms with Crippen molar-refractivity contribution in [3.63, 3.8) is 0 Å². The fraction of sp³-hybridized carbons (Fsp3) is 0.111. The summed E-state index contributed by atoms with van der Waals surface area (Å²) < 4.78 is 5.57. The minimum atomic E-state index is -0.345. The number of carbonyl (C=O) groups is 1. The molecule has 0 aliphatic rings. The average Bonchev–Trinajstić information content (AvgIpc) is 2.56.